The van der Waals surface area contributed by atoms with Crippen LogP contribution in [0.2, 0.25) is 0 Å². The zero-order chi connectivity index (χ0) is 33.2. The van der Waals surface area contributed by atoms with Gasteiger partial charge in [0.25, 0.3) is 17.7 Å². The summed E-state index contributed by atoms with van der Waals surface area (Å²) in [6.45, 7) is 9.72. The van der Waals surface area contributed by atoms with E-state index in [1.807, 2.05) is 45.9 Å². The van der Waals surface area contributed by atoms with Gasteiger partial charge >= 0.3 is 0 Å². The summed E-state index contributed by atoms with van der Waals surface area (Å²) < 4.78 is 0. The number of hydrogen-bond donors (Lipinski definition) is 2. The van der Waals surface area contributed by atoms with E-state index in [2.05, 4.69) is 10.6 Å². The second-order valence-electron chi connectivity index (χ2n) is 11.9. The normalized spacial score (nSPS) is 19.6. The summed E-state index contributed by atoms with van der Waals surface area (Å²) in [6.07, 6.45) is 0.935. The van der Waals surface area contributed by atoms with Gasteiger partial charge in [0, 0.05) is 18.4 Å². The van der Waals surface area contributed by atoms with Crippen molar-refractivity contribution in [3.63, 3.8) is 0 Å². The monoisotopic (exact) mass is 616 g/mol. The molecule has 0 aliphatic carbocycles. The lowest BCUT2D eigenvalue weighted by molar-refractivity contribution is -0.139. The van der Waals surface area contributed by atoms with Crippen LogP contribution in [0.3, 0.4) is 0 Å². The Morgan fingerprint density at radius 1 is 0.844 bits per heavy atom. The number of rotatable bonds is 6. The number of fused-ring (bicyclic) bond motifs is 1. The van der Waals surface area contributed by atoms with Crippen molar-refractivity contribution in [2.75, 3.05) is 0 Å². The third-order valence-corrected chi connectivity index (χ3v) is 8.17. The minimum Gasteiger partial charge on any atom is -0.295 e. The number of carbonyl (C=O) groups is 8. The molecule has 2 aromatic carbocycles. The molecule has 0 bridgehead atoms. The fraction of sp³-hybridized carbons (Fsp3) is 0.394. The molecule has 0 spiro atoms. The van der Waals surface area contributed by atoms with Crippen LogP contribution in [0.1, 0.15) is 113 Å². The first kappa shape index (κ1) is 32.9. The van der Waals surface area contributed by atoms with Gasteiger partial charge in [-0.2, -0.15) is 0 Å². The predicted octanol–water partition coefficient (Wildman–Crippen LogP) is 2.73. The molecule has 2 aromatic rings. The third-order valence-electron chi connectivity index (χ3n) is 8.17. The van der Waals surface area contributed by atoms with Gasteiger partial charge in [-0.05, 0) is 60.4 Å². The van der Waals surface area contributed by atoms with Gasteiger partial charge in [-0.15, -0.1) is 0 Å². The van der Waals surface area contributed by atoms with Crippen molar-refractivity contribution in [2.24, 2.45) is 0 Å². The van der Waals surface area contributed by atoms with Crippen LogP contribution in [0.25, 0.3) is 0 Å². The molecule has 2 saturated heterocycles. The van der Waals surface area contributed by atoms with Gasteiger partial charge < -0.3 is 0 Å². The first-order valence-corrected chi connectivity index (χ1v) is 14.8. The number of nitrogens with one attached hydrogen (secondary N) is 2. The van der Waals surface area contributed by atoms with Crippen LogP contribution in [0.15, 0.2) is 36.4 Å². The SMILES string of the molecule is CC(C)c1ccc2c(c1)C(=O)N(C1CCC(=O)NC1=O)C2=O.Cc1cccc(C(C)C)c1C(=O)N(C=O)C1CCC(=O)NC1=O. The number of hydrogen-bond acceptors (Lipinski definition) is 8. The van der Waals surface area contributed by atoms with Crippen molar-refractivity contribution >= 4 is 47.8 Å². The van der Waals surface area contributed by atoms with Crippen LogP contribution in [-0.2, 0) is 24.0 Å². The van der Waals surface area contributed by atoms with Crippen LogP contribution in [0.5, 0.6) is 0 Å². The molecule has 2 unspecified atom stereocenters. The predicted molar refractivity (Wildman–Crippen MR) is 161 cm³/mol. The van der Waals surface area contributed by atoms with E-state index in [4.69, 9.17) is 0 Å². The quantitative estimate of drug-likeness (QED) is 0.369. The summed E-state index contributed by atoms with van der Waals surface area (Å²) in [5.74, 6) is -3.06. The van der Waals surface area contributed by atoms with Gasteiger partial charge in [0.05, 0.1) is 11.1 Å². The molecule has 3 aliphatic rings. The van der Waals surface area contributed by atoms with Crippen LogP contribution < -0.4 is 10.6 Å². The summed E-state index contributed by atoms with van der Waals surface area (Å²) in [7, 11) is 0. The maximum atomic E-state index is 12.9. The number of benzene rings is 2. The Balaban J connectivity index is 0.000000205. The first-order valence-electron chi connectivity index (χ1n) is 14.8. The summed E-state index contributed by atoms with van der Waals surface area (Å²) in [5.41, 5.74) is 3.64. The summed E-state index contributed by atoms with van der Waals surface area (Å²) in [6, 6.07) is 8.82. The molecule has 45 heavy (non-hydrogen) atoms. The molecular weight excluding hydrogens is 580 g/mol. The number of carbonyl (C=O) groups excluding carboxylic acids is 8. The van der Waals surface area contributed by atoms with E-state index in [1.54, 1.807) is 25.1 Å². The van der Waals surface area contributed by atoms with Crippen molar-refractivity contribution in [3.05, 3.63) is 69.8 Å². The maximum Gasteiger partial charge on any atom is 0.262 e. The standard InChI is InChI=1S/C17H20N2O4.C16H16N2O4/c1-10(2)12-6-4-5-11(3)15(12)17(23)19(9-20)13-7-8-14(21)18-16(13)22;1-8(2)9-3-4-10-11(7-9)16(22)18(15(10)21)12-5-6-13(19)17-14(12)20/h4-6,9-10,13H,7-8H2,1-3H3,(H,18,21,22);3-4,7-8,12H,5-6H2,1-2H3,(H,17,19,20). The van der Waals surface area contributed by atoms with Gasteiger partial charge in [0.15, 0.2) is 0 Å². The second-order valence-corrected chi connectivity index (χ2v) is 11.9. The fourth-order valence-electron chi connectivity index (χ4n) is 5.65. The van der Waals surface area contributed by atoms with Gasteiger partial charge in [-0.1, -0.05) is 52.0 Å². The van der Waals surface area contributed by atoms with E-state index in [9.17, 15) is 38.4 Å². The molecule has 0 saturated carbocycles. The zero-order valence-electron chi connectivity index (χ0n) is 25.8. The van der Waals surface area contributed by atoms with E-state index in [0.29, 0.717) is 23.1 Å². The Kier molecular flexibility index (Phi) is 9.75. The lowest BCUT2D eigenvalue weighted by Gasteiger charge is -2.29. The van der Waals surface area contributed by atoms with Crippen molar-refractivity contribution in [2.45, 2.75) is 84.2 Å². The van der Waals surface area contributed by atoms with Gasteiger partial charge in [0.1, 0.15) is 12.1 Å². The lowest BCUT2D eigenvalue weighted by Crippen LogP contribution is -2.54. The molecule has 3 aliphatic heterocycles. The van der Waals surface area contributed by atoms with E-state index < -0.39 is 41.6 Å². The van der Waals surface area contributed by atoms with Gasteiger partial charge in [-0.3, -0.25) is 58.8 Å². The fourth-order valence-corrected chi connectivity index (χ4v) is 5.65. The highest BCUT2D eigenvalue weighted by Crippen LogP contribution is 2.30. The largest absolute Gasteiger partial charge is 0.295 e. The van der Waals surface area contributed by atoms with Crippen LogP contribution in [0.4, 0.5) is 0 Å². The van der Waals surface area contributed by atoms with Crippen LogP contribution >= 0.6 is 0 Å². The number of aryl methyl sites for hydroxylation is 1. The highest BCUT2D eigenvalue weighted by atomic mass is 16.2. The molecule has 2 atom stereocenters. The van der Waals surface area contributed by atoms with E-state index in [1.165, 1.54) is 0 Å². The summed E-state index contributed by atoms with van der Waals surface area (Å²) in [4.78, 5) is 97.6. The molecule has 3 heterocycles. The molecule has 2 N–H and O–H groups in total. The van der Waals surface area contributed by atoms with E-state index >= 15 is 0 Å². The van der Waals surface area contributed by atoms with Gasteiger partial charge in [-0.25, -0.2) is 0 Å². The Hall–Kier alpha value is -5.00. The molecule has 5 rings (SSSR count). The zero-order valence-corrected chi connectivity index (χ0v) is 25.8. The number of amides is 8. The minimum atomic E-state index is -0.947. The Morgan fingerprint density at radius 2 is 1.47 bits per heavy atom. The number of imide groups is 4. The molecule has 236 valence electrons. The number of nitrogens with zero attached hydrogens (tertiary/aromatic N) is 2. The first-order chi connectivity index (χ1) is 21.3. The van der Waals surface area contributed by atoms with Crippen molar-refractivity contribution in [3.8, 4) is 0 Å². The van der Waals surface area contributed by atoms with Gasteiger partial charge in [0.2, 0.25) is 30.0 Å². The number of piperidine rings is 2. The highest BCUT2D eigenvalue weighted by Gasteiger charge is 2.44. The van der Waals surface area contributed by atoms with Crippen LogP contribution in [0, 0.1) is 6.92 Å². The van der Waals surface area contributed by atoms with Crippen molar-refractivity contribution < 1.29 is 38.4 Å². The molecule has 0 radical (unpaired) electrons. The minimum absolute atomic E-state index is 0.101. The molecule has 0 aromatic heterocycles. The van der Waals surface area contributed by atoms with Crippen LogP contribution in [-0.4, -0.2) is 69.6 Å². The van der Waals surface area contributed by atoms with E-state index in [-0.39, 0.29) is 49.3 Å². The Labute approximate surface area is 260 Å². The lowest BCUT2D eigenvalue weighted by atomic mass is 9.92. The Bertz CT molecular complexity index is 1610. The summed E-state index contributed by atoms with van der Waals surface area (Å²) >= 11 is 0. The topological polar surface area (TPSA) is 167 Å². The highest BCUT2D eigenvalue weighted by molar-refractivity contribution is 6.23. The average molecular weight is 617 g/mol. The third kappa shape index (κ3) is 6.59. The van der Waals surface area contributed by atoms with E-state index in [0.717, 1.165) is 26.5 Å². The molecule has 2 fully saturated rings. The molecule has 8 amide bonds. The maximum absolute atomic E-state index is 12.9. The van der Waals surface area contributed by atoms with Crippen molar-refractivity contribution in [1.29, 1.82) is 0 Å². The molecule has 12 nitrogen and oxygen atoms in total. The second kappa shape index (κ2) is 13.3. The molecular formula is C33H36N4O8. The molecule has 12 heteroatoms. The smallest absolute Gasteiger partial charge is 0.262 e. The Morgan fingerprint density at radius 3 is 2.04 bits per heavy atom. The van der Waals surface area contributed by atoms with Crippen molar-refractivity contribution in [1.82, 2.24) is 20.4 Å². The average Bonchev–Trinajstić information content (AvgIpc) is 3.23. The summed E-state index contributed by atoms with van der Waals surface area (Å²) in [5, 5.41) is 4.35.